The maximum Gasteiger partial charge on any atom is 0.335 e. The van der Waals surface area contributed by atoms with Crippen molar-refractivity contribution in [3.8, 4) is 0 Å². The van der Waals surface area contributed by atoms with E-state index in [2.05, 4.69) is 6.92 Å². The molecule has 0 aliphatic heterocycles. The van der Waals surface area contributed by atoms with Crippen LogP contribution in [0.3, 0.4) is 0 Å². The first kappa shape index (κ1) is 13.8. The minimum Gasteiger partial charge on any atom is -0.478 e. The van der Waals surface area contributed by atoms with E-state index in [4.69, 9.17) is 5.11 Å². The van der Waals surface area contributed by atoms with Crippen LogP contribution in [0.2, 0.25) is 0 Å². The van der Waals surface area contributed by atoms with Crippen molar-refractivity contribution in [2.75, 3.05) is 0 Å². The van der Waals surface area contributed by atoms with Crippen LogP contribution in [0.25, 0.3) is 0 Å². The third-order valence-corrected chi connectivity index (χ3v) is 3.30. The molecule has 0 atom stereocenters. The molecule has 0 unspecified atom stereocenters. The van der Waals surface area contributed by atoms with Gasteiger partial charge in [0.1, 0.15) is 0 Å². The molecule has 2 heteroatoms. The van der Waals surface area contributed by atoms with Crippen LogP contribution in [0.4, 0.5) is 0 Å². The Kier molecular flexibility index (Phi) is 5.75. The SMILES string of the molecule is CCCC1CCC1.Cc1ccccc1C(=O)O. The summed E-state index contributed by atoms with van der Waals surface area (Å²) in [6.45, 7) is 4.06. The lowest BCUT2D eigenvalue weighted by Gasteiger charge is -2.24. The normalized spacial score (nSPS) is 14.5. The first-order chi connectivity index (χ1) is 8.15. The second-order valence-electron chi connectivity index (χ2n) is 4.71. The van der Waals surface area contributed by atoms with Gasteiger partial charge in [-0.05, 0) is 24.5 Å². The first-order valence-corrected chi connectivity index (χ1v) is 6.44. The number of aromatic carboxylic acids is 1. The van der Waals surface area contributed by atoms with Gasteiger partial charge in [-0.15, -0.1) is 0 Å². The Hall–Kier alpha value is -1.31. The van der Waals surface area contributed by atoms with Crippen LogP contribution in [0.1, 0.15) is 54.9 Å². The fourth-order valence-electron chi connectivity index (χ4n) is 2.00. The highest BCUT2D eigenvalue weighted by molar-refractivity contribution is 5.89. The van der Waals surface area contributed by atoms with E-state index < -0.39 is 5.97 Å². The first-order valence-electron chi connectivity index (χ1n) is 6.44. The lowest BCUT2D eigenvalue weighted by atomic mass is 9.82. The van der Waals surface area contributed by atoms with Crippen LogP contribution >= 0.6 is 0 Å². The third kappa shape index (κ3) is 4.59. The fourth-order valence-corrected chi connectivity index (χ4v) is 2.00. The van der Waals surface area contributed by atoms with Gasteiger partial charge in [-0.1, -0.05) is 57.2 Å². The monoisotopic (exact) mass is 234 g/mol. The molecule has 0 amide bonds. The predicted molar refractivity (Wildman–Crippen MR) is 70.4 cm³/mol. The minimum absolute atomic E-state index is 0.377. The maximum atomic E-state index is 10.4. The van der Waals surface area contributed by atoms with Crippen molar-refractivity contribution in [1.82, 2.24) is 0 Å². The van der Waals surface area contributed by atoms with E-state index >= 15 is 0 Å². The zero-order valence-electron chi connectivity index (χ0n) is 10.8. The van der Waals surface area contributed by atoms with Crippen molar-refractivity contribution in [3.63, 3.8) is 0 Å². The van der Waals surface area contributed by atoms with E-state index in [-0.39, 0.29) is 0 Å². The van der Waals surface area contributed by atoms with E-state index in [9.17, 15) is 4.79 Å². The summed E-state index contributed by atoms with van der Waals surface area (Å²) in [5, 5.41) is 8.57. The Labute approximate surface area is 104 Å². The molecule has 2 nitrogen and oxygen atoms in total. The number of hydrogen-bond acceptors (Lipinski definition) is 1. The summed E-state index contributed by atoms with van der Waals surface area (Å²) in [6, 6.07) is 6.92. The van der Waals surface area contributed by atoms with Gasteiger partial charge in [0.2, 0.25) is 0 Å². The second-order valence-corrected chi connectivity index (χ2v) is 4.71. The molecule has 1 aliphatic rings. The standard InChI is InChI=1S/C8H8O2.C7H14/c1-6-4-2-3-5-7(6)8(9)10;1-2-4-7-5-3-6-7/h2-5H,1H3,(H,9,10);7H,2-6H2,1H3. The molecule has 1 saturated carbocycles. The molecule has 0 radical (unpaired) electrons. The van der Waals surface area contributed by atoms with Crippen molar-refractivity contribution in [3.05, 3.63) is 35.4 Å². The predicted octanol–water partition coefficient (Wildman–Crippen LogP) is 4.28. The smallest absolute Gasteiger partial charge is 0.335 e. The zero-order chi connectivity index (χ0) is 12.7. The van der Waals surface area contributed by atoms with Crippen LogP contribution in [-0.4, -0.2) is 11.1 Å². The minimum atomic E-state index is -0.863. The summed E-state index contributed by atoms with van der Waals surface area (Å²) in [5.74, 6) is 0.267. The summed E-state index contributed by atoms with van der Waals surface area (Å²) in [7, 11) is 0. The van der Waals surface area contributed by atoms with Crippen LogP contribution in [-0.2, 0) is 0 Å². The summed E-state index contributed by atoms with van der Waals surface area (Å²) in [5.41, 5.74) is 1.18. The number of hydrogen-bond donors (Lipinski definition) is 1. The molecule has 0 spiro atoms. The third-order valence-electron chi connectivity index (χ3n) is 3.30. The molecule has 2 rings (SSSR count). The topological polar surface area (TPSA) is 37.3 Å². The van der Waals surface area contributed by atoms with Gasteiger partial charge < -0.3 is 5.11 Å². The van der Waals surface area contributed by atoms with Gasteiger partial charge in [-0.25, -0.2) is 4.79 Å². The molecule has 1 aromatic rings. The van der Waals surface area contributed by atoms with Gasteiger partial charge in [-0.3, -0.25) is 0 Å². The van der Waals surface area contributed by atoms with Crippen molar-refractivity contribution in [1.29, 1.82) is 0 Å². The number of rotatable bonds is 3. The largest absolute Gasteiger partial charge is 0.478 e. The molecule has 1 fully saturated rings. The molecule has 17 heavy (non-hydrogen) atoms. The summed E-state index contributed by atoms with van der Waals surface area (Å²) in [6.07, 6.45) is 7.43. The van der Waals surface area contributed by atoms with Gasteiger partial charge in [0.05, 0.1) is 5.56 Å². The fraction of sp³-hybridized carbons (Fsp3) is 0.533. The molecule has 0 aromatic heterocycles. The molecule has 1 N–H and O–H groups in total. The van der Waals surface area contributed by atoms with E-state index in [0.717, 1.165) is 11.5 Å². The molecule has 0 bridgehead atoms. The highest BCUT2D eigenvalue weighted by atomic mass is 16.4. The summed E-state index contributed by atoms with van der Waals surface area (Å²) in [4.78, 5) is 10.4. The maximum absolute atomic E-state index is 10.4. The lowest BCUT2D eigenvalue weighted by Crippen LogP contribution is -2.09. The van der Waals surface area contributed by atoms with Gasteiger partial charge in [0, 0.05) is 0 Å². The van der Waals surface area contributed by atoms with Gasteiger partial charge in [0.25, 0.3) is 0 Å². The van der Waals surface area contributed by atoms with Crippen LogP contribution in [0.5, 0.6) is 0 Å². The number of carboxylic acids is 1. The number of carbonyl (C=O) groups is 1. The zero-order valence-corrected chi connectivity index (χ0v) is 10.8. The van der Waals surface area contributed by atoms with E-state index in [1.165, 1.54) is 32.1 Å². The summed E-state index contributed by atoms with van der Waals surface area (Å²) < 4.78 is 0. The Morgan fingerprint density at radius 1 is 1.35 bits per heavy atom. The molecule has 1 aliphatic carbocycles. The van der Waals surface area contributed by atoms with Gasteiger partial charge in [-0.2, -0.15) is 0 Å². The van der Waals surface area contributed by atoms with E-state index in [1.807, 2.05) is 6.07 Å². The molecular weight excluding hydrogens is 212 g/mol. The van der Waals surface area contributed by atoms with Gasteiger partial charge in [0.15, 0.2) is 0 Å². The van der Waals surface area contributed by atoms with Crippen LogP contribution < -0.4 is 0 Å². The number of carboxylic acid groups (broad SMARTS) is 1. The lowest BCUT2D eigenvalue weighted by molar-refractivity contribution is 0.0696. The van der Waals surface area contributed by atoms with Crippen molar-refractivity contribution < 1.29 is 9.90 Å². The van der Waals surface area contributed by atoms with Crippen LogP contribution in [0.15, 0.2) is 24.3 Å². The number of aryl methyl sites for hydroxylation is 1. The highest BCUT2D eigenvalue weighted by Gasteiger charge is 2.14. The number of benzene rings is 1. The highest BCUT2D eigenvalue weighted by Crippen LogP contribution is 2.29. The Balaban J connectivity index is 0.000000181. The van der Waals surface area contributed by atoms with Gasteiger partial charge >= 0.3 is 5.97 Å². The van der Waals surface area contributed by atoms with Crippen molar-refractivity contribution >= 4 is 5.97 Å². The summed E-state index contributed by atoms with van der Waals surface area (Å²) >= 11 is 0. The second kappa shape index (κ2) is 7.10. The molecular formula is C15H22O2. The Bertz CT molecular complexity index is 354. The molecule has 0 heterocycles. The quantitative estimate of drug-likeness (QED) is 0.847. The molecule has 0 saturated heterocycles. The van der Waals surface area contributed by atoms with E-state index in [1.54, 1.807) is 25.1 Å². The molecule has 1 aromatic carbocycles. The average Bonchev–Trinajstić information content (AvgIpc) is 2.25. The van der Waals surface area contributed by atoms with Crippen LogP contribution in [0, 0.1) is 12.8 Å². The Morgan fingerprint density at radius 3 is 2.29 bits per heavy atom. The van der Waals surface area contributed by atoms with E-state index in [0.29, 0.717) is 5.56 Å². The van der Waals surface area contributed by atoms with Crippen molar-refractivity contribution in [2.24, 2.45) is 5.92 Å². The molecule has 94 valence electrons. The Morgan fingerprint density at radius 2 is 2.00 bits per heavy atom. The van der Waals surface area contributed by atoms with Crippen molar-refractivity contribution in [2.45, 2.75) is 46.0 Å². The average molecular weight is 234 g/mol.